The van der Waals surface area contributed by atoms with E-state index in [-0.39, 0.29) is 5.60 Å². The van der Waals surface area contributed by atoms with Crippen LogP contribution in [0.1, 0.15) is 38.5 Å². The van der Waals surface area contributed by atoms with Gasteiger partial charge in [-0.15, -0.1) is 0 Å². The molecule has 0 unspecified atom stereocenters. The zero-order valence-electron chi connectivity index (χ0n) is 7.72. The van der Waals surface area contributed by atoms with Crippen molar-refractivity contribution in [3.05, 3.63) is 0 Å². The van der Waals surface area contributed by atoms with Crippen molar-refractivity contribution in [3.63, 3.8) is 0 Å². The van der Waals surface area contributed by atoms with Gasteiger partial charge in [0.1, 0.15) is 0 Å². The van der Waals surface area contributed by atoms with Gasteiger partial charge in [-0.2, -0.15) is 0 Å². The van der Waals surface area contributed by atoms with Crippen LogP contribution in [0.15, 0.2) is 0 Å². The van der Waals surface area contributed by atoms with E-state index in [1.165, 1.54) is 32.1 Å². The molecule has 0 saturated heterocycles. The molecule has 0 aromatic heterocycles. The molecule has 2 rings (SSSR count). The van der Waals surface area contributed by atoms with Crippen molar-refractivity contribution in [1.29, 1.82) is 0 Å². The monoisotopic (exact) mass is 169 g/mol. The Kier molecular flexibility index (Phi) is 2.37. The summed E-state index contributed by atoms with van der Waals surface area (Å²) in [4.78, 5) is 0. The van der Waals surface area contributed by atoms with Crippen LogP contribution in [-0.4, -0.2) is 18.8 Å². The topological polar surface area (TPSA) is 35.2 Å². The molecule has 0 radical (unpaired) electrons. The zero-order valence-corrected chi connectivity index (χ0v) is 7.72. The predicted molar refractivity (Wildman–Crippen MR) is 48.9 cm³/mol. The standard InChI is InChI=1S/C10H19NO/c11-7-6-10(4-1-5-10)12-8-9-2-3-9/h9H,1-8,11H2. The Labute approximate surface area is 74.5 Å². The van der Waals surface area contributed by atoms with E-state index in [1.54, 1.807) is 0 Å². The molecule has 0 heterocycles. The molecule has 2 N–H and O–H groups in total. The van der Waals surface area contributed by atoms with Gasteiger partial charge in [0, 0.05) is 0 Å². The molecule has 70 valence electrons. The Balaban J connectivity index is 1.72. The Morgan fingerprint density at radius 2 is 2.08 bits per heavy atom. The predicted octanol–water partition coefficient (Wildman–Crippen LogP) is 1.68. The second-order valence-electron chi connectivity index (χ2n) is 4.33. The molecular weight excluding hydrogens is 150 g/mol. The summed E-state index contributed by atoms with van der Waals surface area (Å²) in [6, 6.07) is 0. The van der Waals surface area contributed by atoms with Gasteiger partial charge >= 0.3 is 0 Å². The minimum absolute atomic E-state index is 0.220. The molecule has 2 saturated carbocycles. The van der Waals surface area contributed by atoms with E-state index >= 15 is 0 Å². The van der Waals surface area contributed by atoms with Crippen LogP contribution in [0.5, 0.6) is 0 Å². The number of ether oxygens (including phenoxy) is 1. The van der Waals surface area contributed by atoms with Crippen molar-refractivity contribution in [2.24, 2.45) is 11.7 Å². The Morgan fingerprint density at radius 1 is 1.33 bits per heavy atom. The summed E-state index contributed by atoms with van der Waals surface area (Å²) in [6.07, 6.45) is 7.68. The third kappa shape index (κ3) is 1.80. The van der Waals surface area contributed by atoms with Crippen molar-refractivity contribution in [3.8, 4) is 0 Å². The van der Waals surface area contributed by atoms with Gasteiger partial charge in [-0.25, -0.2) is 0 Å². The largest absolute Gasteiger partial charge is 0.375 e. The summed E-state index contributed by atoms with van der Waals surface area (Å²) in [5, 5.41) is 0. The van der Waals surface area contributed by atoms with Gasteiger partial charge < -0.3 is 10.5 Å². The summed E-state index contributed by atoms with van der Waals surface area (Å²) in [5.41, 5.74) is 5.79. The van der Waals surface area contributed by atoms with E-state index < -0.39 is 0 Å². The van der Waals surface area contributed by atoms with Gasteiger partial charge in [-0.3, -0.25) is 0 Å². The fourth-order valence-electron chi connectivity index (χ4n) is 1.88. The maximum atomic E-state index is 5.95. The van der Waals surface area contributed by atoms with E-state index in [0.29, 0.717) is 0 Å². The number of hydrogen-bond donors (Lipinski definition) is 1. The van der Waals surface area contributed by atoms with Gasteiger partial charge in [0.25, 0.3) is 0 Å². The minimum Gasteiger partial charge on any atom is -0.375 e. The molecule has 12 heavy (non-hydrogen) atoms. The van der Waals surface area contributed by atoms with Crippen molar-refractivity contribution >= 4 is 0 Å². The normalized spacial score (nSPS) is 26.8. The second kappa shape index (κ2) is 3.35. The van der Waals surface area contributed by atoms with Crippen molar-refractivity contribution in [2.75, 3.05) is 13.2 Å². The molecule has 0 aromatic rings. The molecule has 2 aliphatic carbocycles. The van der Waals surface area contributed by atoms with Crippen LogP contribution in [0.3, 0.4) is 0 Å². The maximum absolute atomic E-state index is 5.95. The van der Waals surface area contributed by atoms with Crippen LogP contribution < -0.4 is 5.73 Å². The van der Waals surface area contributed by atoms with Crippen molar-refractivity contribution in [2.45, 2.75) is 44.1 Å². The highest BCUT2D eigenvalue weighted by Gasteiger charge is 2.38. The fraction of sp³-hybridized carbons (Fsp3) is 1.00. The van der Waals surface area contributed by atoms with Gasteiger partial charge in [0.05, 0.1) is 12.2 Å². The number of nitrogens with two attached hydrogens (primary N) is 1. The maximum Gasteiger partial charge on any atom is 0.0694 e. The summed E-state index contributed by atoms with van der Waals surface area (Å²) in [7, 11) is 0. The lowest BCUT2D eigenvalue weighted by atomic mass is 9.77. The second-order valence-corrected chi connectivity index (χ2v) is 4.33. The van der Waals surface area contributed by atoms with E-state index in [1.807, 2.05) is 0 Å². The van der Waals surface area contributed by atoms with Crippen LogP contribution in [0.2, 0.25) is 0 Å². The van der Waals surface area contributed by atoms with E-state index in [4.69, 9.17) is 10.5 Å². The number of hydrogen-bond acceptors (Lipinski definition) is 2. The fourth-order valence-corrected chi connectivity index (χ4v) is 1.88. The molecule has 0 aromatic carbocycles. The average Bonchev–Trinajstić information content (AvgIpc) is 2.77. The average molecular weight is 169 g/mol. The molecule has 2 aliphatic rings. The van der Waals surface area contributed by atoms with Crippen molar-refractivity contribution in [1.82, 2.24) is 0 Å². The lowest BCUT2D eigenvalue weighted by Gasteiger charge is -2.41. The van der Waals surface area contributed by atoms with E-state index in [0.717, 1.165) is 25.5 Å². The first kappa shape index (κ1) is 8.52. The van der Waals surface area contributed by atoms with Gasteiger partial charge in [-0.05, 0) is 51.0 Å². The van der Waals surface area contributed by atoms with Gasteiger partial charge in [0.15, 0.2) is 0 Å². The minimum atomic E-state index is 0.220. The Morgan fingerprint density at radius 3 is 2.50 bits per heavy atom. The quantitative estimate of drug-likeness (QED) is 0.679. The lowest BCUT2D eigenvalue weighted by Crippen LogP contribution is -2.42. The van der Waals surface area contributed by atoms with Crippen LogP contribution in [0.25, 0.3) is 0 Å². The summed E-state index contributed by atoms with van der Waals surface area (Å²) < 4.78 is 5.95. The van der Waals surface area contributed by atoms with E-state index in [9.17, 15) is 0 Å². The highest BCUT2D eigenvalue weighted by atomic mass is 16.5. The molecule has 2 nitrogen and oxygen atoms in total. The molecule has 0 aliphatic heterocycles. The SMILES string of the molecule is NCCC1(OCC2CC2)CCC1. The first-order valence-electron chi connectivity index (χ1n) is 5.19. The first-order chi connectivity index (χ1) is 5.85. The molecule has 2 fully saturated rings. The molecule has 2 heteroatoms. The molecular formula is C10H19NO. The summed E-state index contributed by atoms with van der Waals surface area (Å²) in [6.45, 7) is 1.78. The molecule has 0 amide bonds. The first-order valence-corrected chi connectivity index (χ1v) is 5.19. The van der Waals surface area contributed by atoms with Crippen molar-refractivity contribution < 1.29 is 4.74 Å². The number of rotatable bonds is 5. The zero-order chi connectivity index (χ0) is 8.44. The molecule has 0 spiro atoms. The molecule has 0 atom stereocenters. The Hall–Kier alpha value is -0.0800. The third-order valence-electron chi connectivity index (χ3n) is 3.19. The highest BCUT2D eigenvalue weighted by molar-refractivity contribution is 4.90. The van der Waals surface area contributed by atoms with Crippen LogP contribution in [-0.2, 0) is 4.74 Å². The third-order valence-corrected chi connectivity index (χ3v) is 3.19. The van der Waals surface area contributed by atoms with Crippen LogP contribution >= 0.6 is 0 Å². The van der Waals surface area contributed by atoms with Gasteiger partial charge in [0.2, 0.25) is 0 Å². The molecule has 0 bridgehead atoms. The van der Waals surface area contributed by atoms with Crippen LogP contribution in [0.4, 0.5) is 0 Å². The summed E-state index contributed by atoms with van der Waals surface area (Å²) in [5.74, 6) is 0.889. The lowest BCUT2D eigenvalue weighted by molar-refractivity contribution is -0.107. The van der Waals surface area contributed by atoms with Gasteiger partial charge in [-0.1, -0.05) is 0 Å². The Bertz CT molecular complexity index is 150. The van der Waals surface area contributed by atoms with Crippen LogP contribution in [0, 0.1) is 5.92 Å². The van der Waals surface area contributed by atoms with E-state index in [2.05, 4.69) is 0 Å². The summed E-state index contributed by atoms with van der Waals surface area (Å²) >= 11 is 0. The smallest absolute Gasteiger partial charge is 0.0694 e. The highest BCUT2D eigenvalue weighted by Crippen LogP contribution is 2.40.